The summed E-state index contributed by atoms with van der Waals surface area (Å²) in [5.74, 6) is -0.0536. The molecule has 1 aromatic heterocycles. The Bertz CT molecular complexity index is 877. The van der Waals surface area contributed by atoms with Gasteiger partial charge in [0.2, 0.25) is 10.0 Å². The average molecular weight is 399 g/mol. The molecule has 1 aliphatic rings. The van der Waals surface area contributed by atoms with Crippen LogP contribution in [0.3, 0.4) is 0 Å². The number of rotatable bonds is 5. The molecule has 2 heterocycles. The number of piperazine rings is 1. The molecule has 0 aliphatic carbocycles. The molecule has 1 amide bonds. The molecule has 1 fully saturated rings. The van der Waals surface area contributed by atoms with E-state index in [0.29, 0.717) is 18.1 Å². The summed E-state index contributed by atoms with van der Waals surface area (Å²) in [5, 5.41) is 4.55. The summed E-state index contributed by atoms with van der Waals surface area (Å²) in [6.07, 6.45) is 2.78. The number of para-hydroxylation sites is 1. The van der Waals surface area contributed by atoms with E-state index in [2.05, 4.69) is 5.10 Å². The van der Waals surface area contributed by atoms with Gasteiger partial charge in [0.1, 0.15) is 5.02 Å². The average Bonchev–Trinajstić information content (AvgIpc) is 3.00. The predicted octanol–water partition coefficient (Wildman–Crippen LogP) is 1.01. The molecule has 1 aliphatic heterocycles. The van der Waals surface area contributed by atoms with Crippen LogP contribution >= 0.6 is 11.6 Å². The van der Waals surface area contributed by atoms with Gasteiger partial charge in [-0.15, -0.1) is 5.10 Å². The monoisotopic (exact) mass is 398 g/mol. The summed E-state index contributed by atoms with van der Waals surface area (Å²) in [7, 11) is -3.23. The molecule has 3 rings (SSSR count). The Morgan fingerprint density at radius 1 is 1.19 bits per heavy atom. The van der Waals surface area contributed by atoms with Gasteiger partial charge >= 0.3 is 0 Å². The summed E-state index contributed by atoms with van der Waals surface area (Å²) in [6.45, 7) is 1.04. The first kappa shape index (κ1) is 18.7. The number of amides is 1. The summed E-state index contributed by atoms with van der Waals surface area (Å²) in [4.78, 5) is 13.8. The van der Waals surface area contributed by atoms with Gasteiger partial charge in [0.25, 0.3) is 11.8 Å². The highest BCUT2D eigenvalue weighted by Crippen LogP contribution is 2.24. The molecule has 0 N–H and O–H groups in total. The van der Waals surface area contributed by atoms with E-state index in [1.807, 2.05) is 30.3 Å². The van der Waals surface area contributed by atoms with Crippen molar-refractivity contribution in [2.45, 2.75) is 0 Å². The second kappa shape index (κ2) is 7.65. The summed E-state index contributed by atoms with van der Waals surface area (Å²) >= 11 is 6.13. The summed E-state index contributed by atoms with van der Waals surface area (Å²) < 4.78 is 31.4. The number of ether oxygens (including phenoxy) is 1. The fourth-order valence-electron chi connectivity index (χ4n) is 2.64. The molecule has 0 atom stereocenters. The van der Waals surface area contributed by atoms with Gasteiger partial charge in [0.05, 0.1) is 18.1 Å². The molecule has 8 nitrogen and oxygen atoms in total. The first-order valence-corrected chi connectivity index (χ1v) is 10.2. The van der Waals surface area contributed by atoms with Gasteiger partial charge in [-0.2, -0.15) is 4.31 Å². The minimum Gasteiger partial charge on any atom is -0.465 e. The SMILES string of the molecule is CS(=O)(=O)N1CCN(C(=O)COc2nn(-c3ccccc3)cc2Cl)CC1. The highest BCUT2D eigenvalue weighted by atomic mass is 35.5. The number of carbonyl (C=O) groups excluding carboxylic acids is 1. The number of hydrogen-bond acceptors (Lipinski definition) is 5. The van der Waals surface area contributed by atoms with Crippen LogP contribution in [0.25, 0.3) is 5.69 Å². The normalized spacial score (nSPS) is 15.8. The fourth-order valence-corrected chi connectivity index (χ4v) is 3.65. The number of sulfonamides is 1. The summed E-state index contributed by atoms with van der Waals surface area (Å²) in [5.41, 5.74) is 0.826. The topological polar surface area (TPSA) is 84.7 Å². The van der Waals surface area contributed by atoms with Crippen molar-refractivity contribution < 1.29 is 17.9 Å². The lowest BCUT2D eigenvalue weighted by Gasteiger charge is -2.33. The molecule has 2 aromatic rings. The van der Waals surface area contributed by atoms with Crippen molar-refractivity contribution in [3.8, 4) is 11.6 Å². The standard InChI is InChI=1S/C16H19ClN4O4S/c1-26(23,24)20-9-7-19(8-10-20)15(22)12-25-16-14(17)11-21(18-16)13-5-3-2-4-6-13/h2-6,11H,7-10,12H2,1H3. The third kappa shape index (κ3) is 4.35. The number of nitrogens with zero attached hydrogens (tertiary/aromatic N) is 4. The highest BCUT2D eigenvalue weighted by Gasteiger charge is 2.26. The van der Waals surface area contributed by atoms with Gasteiger partial charge in [-0.25, -0.2) is 13.1 Å². The second-order valence-electron chi connectivity index (χ2n) is 5.89. The Morgan fingerprint density at radius 3 is 2.46 bits per heavy atom. The Hall–Kier alpha value is -2.10. The van der Waals surface area contributed by atoms with Crippen LogP contribution in [0, 0.1) is 0 Å². The van der Waals surface area contributed by atoms with Gasteiger partial charge in [-0.3, -0.25) is 4.79 Å². The van der Waals surface area contributed by atoms with Crippen molar-refractivity contribution in [1.82, 2.24) is 19.0 Å². The molecule has 1 saturated heterocycles. The Morgan fingerprint density at radius 2 is 1.85 bits per heavy atom. The molecular weight excluding hydrogens is 380 g/mol. The first-order valence-electron chi connectivity index (χ1n) is 8.01. The molecule has 0 saturated carbocycles. The van der Waals surface area contributed by atoms with Gasteiger partial charge < -0.3 is 9.64 Å². The molecule has 0 spiro atoms. The largest absolute Gasteiger partial charge is 0.465 e. The number of carbonyl (C=O) groups is 1. The van der Waals surface area contributed by atoms with E-state index in [9.17, 15) is 13.2 Å². The number of hydrogen-bond donors (Lipinski definition) is 0. The van der Waals surface area contributed by atoms with Crippen LogP contribution in [0.2, 0.25) is 5.02 Å². The lowest BCUT2D eigenvalue weighted by atomic mass is 10.3. The molecular formula is C16H19ClN4O4S. The van der Waals surface area contributed by atoms with E-state index in [1.54, 1.807) is 15.8 Å². The molecule has 140 valence electrons. The van der Waals surface area contributed by atoms with Crippen molar-refractivity contribution in [2.75, 3.05) is 39.0 Å². The van der Waals surface area contributed by atoms with Gasteiger partial charge in [-0.05, 0) is 12.1 Å². The lowest BCUT2D eigenvalue weighted by Crippen LogP contribution is -2.51. The molecule has 0 bridgehead atoms. The van der Waals surface area contributed by atoms with Crippen molar-refractivity contribution >= 4 is 27.5 Å². The Kier molecular flexibility index (Phi) is 5.49. The predicted molar refractivity (Wildman–Crippen MR) is 97.1 cm³/mol. The highest BCUT2D eigenvalue weighted by molar-refractivity contribution is 7.88. The second-order valence-corrected chi connectivity index (χ2v) is 8.28. The van der Waals surface area contributed by atoms with Crippen molar-refractivity contribution in [1.29, 1.82) is 0 Å². The van der Waals surface area contributed by atoms with Gasteiger partial charge in [-0.1, -0.05) is 29.8 Å². The zero-order valence-corrected chi connectivity index (χ0v) is 15.8. The van der Waals surface area contributed by atoms with E-state index >= 15 is 0 Å². The van der Waals surface area contributed by atoms with Crippen LogP contribution in [0.5, 0.6) is 5.88 Å². The maximum absolute atomic E-state index is 12.3. The molecule has 0 unspecified atom stereocenters. The maximum atomic E-state index is 12.3. The number of benzene rings is 1. The van der Waals surface area contributed by atoms with Crippen LogP contribution in [-0.2, 0) is 14.8 Å². The van der Waals surface area contributed by atoms with E-state index in [1.165, 1.54) is 10.6 Å². The lowest BCUT2D eigenvalue weighted by molar-refractivity contribution is -0.134. The van der Waals surface area contributed by atoms with E-state index in [0.717, 1.165) is 5.69 Å². The van der Waals surface area contributed by atoms with Crippen LogP contribution in [-0.4, -0.2) is 72.4 Å². The smallest absolute Gasteiger partial charge is 0.260 e. The Balaban J connectivity index is 1.56. The third-order valence-electron chi connectivity index (χ3n) is 4.05. The van der Waals surface area contributed by atoms with Crippen molar-refractivity contribution in [2.24, 2.45) is 0 Å². The fraction of sp³-hybridized carbons (Fsp3) is 0.375. The summed E-state index contributed by atoms with van der Waals surface area (Å²) in [6, 6.07) is 9.41. The quantitative estimate of drug-likeness (QED) is 0.750. The minimum absolute atomic E-state index is 0.179. The van der Waals surface area contributed by atoms with Crippen LogP contribution in [0.1, 0.15) is 0 Å². The first-order chi connectivity index (χ1) is 12.3. The van der Waals surface area contributed by atoms with E-state index in [-0.39, 0.29) is 31.5 Å². The van der Waals surface area contributed by atoms with Crippen LogP contribution in [0.4, 0.5) is 0 Å². The van der Waals surface area contributed by atoms with E-state index in [4.69, 9.17) is 16.3 Å². The van der Waals surface area contributed by atoms with Gasteiger partial charge in [0, 0.05) is 26.2 Å². The molecule has 26 heavy (non-hydrogen) atoms. The number of halogens is 1. The third-order valence-corrected chi connectivity index (χ3v) is 5.61. The molecule has 0 radical (unpaired) electrons. The Labute approximate surface area is 157 Å². The van der Waals surface area contributed by atoms with Crippen LogP contribution in [0.15, 0.2) is 36.5 Å². The number of aromatic nitrogens is 2. The maximum Gasteiger partial charge on any atom is 0.260 e. The van der Waals surface area contributed by atoms with Crippen molar-refractivity contribution in [3.63, 3.8) is 0 Å². The van der Waals surface area contributed by atoms with E-state index < -0.39 is 10.0 Å². The van der Waals surface area contributed by atoms with Gasteiger partial charge in [0.15, 0.2) is 6.61 Å². The van der Waals surface area contributed by atoms with Crippen molar-refractivity contribution in [3.05, 3.63) is 41.6 Å². The minimum atomic E-state index is -3.23. The zero-order chi connectivity index (χ0) is 18.7. The molecule has 10 heteroatoms. The molecule has 1 aromatic carbocycles. The van der Waals surface area contributed by atoms with Crippen LogP contribution < -0.4 is 4.74 Å². The zero-order valence-electron chi connectivity index (χ0n) is 14.2.